The minimum absolute atomic E-state index is 1.03. The predicted octanol–water partition coefficient (Wildman–Crippen LogP) is 12.0. The van der Waals surface area contributed by atoms with Crippen LogP contribution in [0, 0.1) is 6.92 Å². The van der Waals surface area contributed by atoms with E-state index in [4.69, 9.17) is 0 Å². The highest BCUT2D eigenvalue weighted by Crippen LogP contribution is 2.36. The summed E-state index contributed by atoms with van der Waals surface area (Å²) in [5.41, 5.74) is 11.4. The van der Waals surface area contributed by atoms with Gasteiger partial charge in [0.05, 0.1) is 16.6 Å². The van der Waals surface area contributed by atoms with Crippen LogP contribution in [-0.2, 0) is 0 Å². The van der Waals surface area contributed by atoms with E-state index in [1.54, 1.807) is 0 Å². The van der Waals surface area contributed by atoms with Crippen molar-refractivity contribution in [2.75, 3.05) is 4.90 Å². The van der Waals surface area contributed by atoms with Crippen LogP contribution in [0.2, 0.25) is 0 Å². The molecule has 0 aliphatic carbocycles. The lowest BCUT2D eigenvalue weighted by atomic mass is 10.1. The van der Waals surface area contributed by atoms with Gasteiger partial charge in [-0.15, -0.1) is 0 Å². The smallest absolute Gasteiger partial charge is 0.0541 e. The molecule has 0 bridgehead atoms. The predicted molar refractivity (Wildman–Crippen MR) is 203 cm³/mol. The van der Waals surface area contributed by atoms with Crippen molar-refractivity contribution in [1.82, 2.24) is 9.13 Å². The van der Waals surface area contributed by atoms with Crippen molar-refractivity contribution in [2.45, 2.75) is 13.8 Å². The summed E-state index contributed by atoms with van der Waals surface area (Å²) < 4.78 is 4.68. The highest BCUT2D eigenvalue weighted by molar-refractivity contribution is 6.09. The summed E-state index contributed by atoms with van der Waals surface area (Å²) in [6.45, 7) is 12.1. The highest BCUT2D eigenvalue weighted by Gasteiger charge is 2.17. The normalized spacial score (nSPS) is 12.2. The third-order valence-electron chi connectivity index (χ3n) is 8.76. The zero-order chi connectivity index (χ0) is 32.3. The lowest BCUT2D eigenvalue weighted by Gasteiger charge is -2.27. The minimum atomic E-state index is 1.03. The fourth-order valence-corrected chi connectivity index (χ4v) is 6.75. The van der Waals surface area contributed by atoms with Gasteiger partial charge in [-0.25, -0.2) is 0 Å². The Labute approximate surface area is 276 Å². The van der Waals surface area contributed by atoms with Gasteiger partial charge in [0.2, 0.25) is 0 Å². The Morgan fingerprint density at radius 1 is 0.596 bits per heavy atom. The fourth-order valence-electron chi connectivity index (χ4n) is 6.75. The average Bonchev–Trinajstić information content (AvgIpc) is 3.59. The van der Waals surface area contributed by atoms with Gasteiger partial charge in [0.15, 0.2) is 0 Å². The molecule has 2 aromatic heterocycles. The average molecular weight is 608 g/mol. The zero-order valence-corrected chi connectivity index (χ0v) is 26.8. The van der Waals surface area contributed by atoms with Gasteiger partial charge in [-0.05, 0) is 92.7 Å². The molecule has 7 rings (SSSR count). The largest absolute Gasteiger partial charge is 0.313 e. The van der Waals surface area contributed by atoms with Gasteiger partial charge in [0.25, 0.3) is 0 Å². The van der Waals surface area contributed by atoms with E-state index in [9.17, 15) is 0 Å². The van der Waals surface area contributed by atoms with Crippen molar-refractivity contribution in [3.63, 3.8) is 0 Å². The molecule has 0 aliphatic heterocycles. The fraction of sp³-hybridized carbons (Fsp3) is 0.0455. The molecule has 0 atom stereocenters. The number of aromatic nitrogens is 2. The third-order valence-corrected chi connectivity index (χ3v) is 8.76. The summed E-state index contributed by atoms with van der Waals surface area (Å²) in [6.07, 6.45) is 14.1. The molecule has 0 saturated heterocycles. The molecular formula is C44H37N3. The number of nitrogens with zero attached hydrogens (tertiary/aromatic N) is 3. The van der Waals surface area contributed by atoms with Crippen LogP contribution >= 0.6 is 0 Å². The second kappa shape index (κ2) is 12.7. The van der Waals surface area contributed by atoms with Crippen LogP contribution in [0.4, 0.5) is 11.4 Å². The molecule has 2 heterocycles. The van der Waals surface area contributed by atoms with Gasteiger partial charge in [0.1, 0.15) is 0 Å². The summed E-state index contributed by atoms with van der Waals surface area (Å²) in [4.78, 5) is 2.28. The third kappa shape index (κ3) is 5.22. The number of hydrogen-bond donors (Lipinski definition) is 0. The first kappa shape index (κ1) is 29.6. The standard InChI is InChI=1S/C44H37N3/c1-5-8-17-38-32(4)45(42-21-12-9-18-39(38)42)34-24-26-35(27-25-34)46(33(15-6-2)16-7-3)36-28-30-37(31-29-36)47-43-22-13-10-19-40(43)41-20-11-14-23-44(41)47/h5-31H,1-2H2,3-4H3/b16-7-,17-8-,33-15+. The summed E-state index contributed by atoms with van der Waals surface area (Å²) in [6, 6.07) is 43.4. The maximum Gasteiger partial charge on any atom is 0.0541 e. The van der Waals surface area contributed by atoms with Gasteiger partial charge in [-0.3, -0.25) is 0 Å². The topological polar surface area (TPSA) is 13.1 Å². The minimum Gasteiger partial charge on any atom is -0.313 e. The maximum atomic E-state index is 4.02. The number of fused-ring (bicyclic) bond motifs is 4. The molecule has 0 saturated carbocycles. The molecule has 5 aromatic carbocycles. The Balaban J connectivity index is 1.32. The molecule has 3 nitrogen and oxygen atoms in total. The van der Waals surface area contributed by atoms with Crippen molar-refractivity contribution in [2.24, 2.45) is 0 Å². The van der Waals surface area contributed by atoms with Crippen LogP contribution in [0.25, 0.3) is 50.2 Å². The lowest BCUT2D eigenvalue weighted by molar-refractivity contribution is 1.05. The molecular weight excluding hydrogens is 571 g/mol. The quantitative estimate of drug-likeness (QED) is 0.149. The van der Waals surface area contributed by atoms with E-state index >= 15 is 0 Å². The first-order chi connectivity index (χ1) is 23.1. The molecule has 3 heteroatoms. The number of para-hydroxylation sites is 3. The van der Waals surface area contributed by atoms with Crippen molar-refractivity contribution in [3.05, 3.63) is 188 Å². The first-order valence-electron chi connectivity index (χ1n) is 16.0. The molecule has 0 unspecified atom stereocenters. The maximum absolute atomic E-state index is 4.02. The van der Waals surface area contributed by atoms with Gasteiger partial charge < -0.3 is 14.0 Å². The van der Waals surface area contributed by atoms with E-state index in [-0.39, 0.29) is 0 Å². The Hall–Kier alpha value is -6.06. The van der Waals surface area contributed by atoms with Crippen molar-refractivity contribution in [3.8, 4) is 11.4 Å². The Morgan fingerprint density at radius 2 is 1.09 bits per heavy atom. The number of benzene rings is 5. The highest BCUT2D eigenvalue weighted by atomic mass is 15.1. The van der Waals surface area contributed by atoms with Gasteiger partial charge in [-0.2, -0.15) is 0 Å². The summed E-state index contributed by atoms with van der Waals surface area (Å²) in [5, 5.41) is 3.74. The molecule has 47 heavy (non-hydrogen) atoms. The van der Waals surface area contributed by atoms with E-state index in [2.05, 4.69) is 180 Å². The molecule has 0 amide bonds. The monoisotopic (exact) mass is 607 g/mol. The second-order valence-corrected chi connectivity index (χ2v) is 11.5. The molecule has 0 spiro atoms. The van der Waals surface area contributed by atoms with Crippen LogP contribution < -0.4 is 4.90 Å². The Morgan fingerprint density at radius 3 is 1.60 bits per heavy atom. The van der Waals surface area contributed by atoms with E-state index < -0.39 is 0 Å². The number of rotatable bonds is 9. The summed E-state index contributed by atoms with van der Waals surface area (Å²) in [7, 11) is 0. The van der Waals surface area contributed by atoms with E-state index in [0.717, 1.165) is 28.4 Å². The summed E-state index contributed by atoms with van der Waals surface area (Å²) in [5.74, 6) is 0. The SMILES string of the molecule is C=C/C=C\c1c(C)n(-c2ccc(N(C(/C=C\C)=C/C=C)c3ccc(-n4c5ccccc5c5ccccc54)cc3)cc2)c2ccccc12. The molecule has 0 N–H and O–H groups in total. The second-order valence-electron chi connectivity index (χ2n) is 11.5. The van der Waals surface area contributed by atoms with E-state index in [1.165, 1.54) is 44.0 Å². The molecule has 228 valence electrons. The van der Waals surface area contributed by atoms with Crippen molar-refractivity contribution >= 4 is 50.2 Å². The summed E-state index contributed by atoms with van der Waals surface area (Å²) >= 11 is 0. The Bertz CT molecular complexity index is 2290. The first-order valence-corrected chi connectivity index (χ1v) is 16.0. The van der Waals surface area contributed by atoms with Crippen LogP contribution in [0.15, 0.2) is 177 Å². The van der Waals surface area contributed by atoms with E-state index in [0.29, 0.717) is 0 Å². The number of allylic oxidation sites excluding steroid dienone is 6. The van der Waals surface area contributed by atoms with Gasteiger partial charge in [0, 0.05) is 55.9 Å². The van der Waals surface area contributed by atoms with Crippen LogP contribution in [0.1, 0.15) is 18.2 Å². The van der Waals surface area contributed by atoms with Crippen LogP contribution in [0.3, 0.4) is 0 Å². The lowest BCUT2D eigenvalue weighted by Crippen LogP contribution is -2.15. The van der Waals surface area contributed by atoms with Crippen molar-refractivity contribution < 1.29 is 0 Å². The molecule has 0 radical (unpaired) electrons. The van der Waals surface area contributed by atoms with E-state index in [1.807, 2.05) is 25.2 Å². The molecule has 0 aliphatic rings. The molecule has 0 fully saturated rings. The van der Waals surface area contributed by atoms with Crippen molar-refractivity contribution in [1.29, 1.82) is 0 Å². The molecule has 7 aromatic rings. The van der Waals surface area contributed by atoms with Crippen LogP contribution in [-0.4, -0.2) is 9.13 Å². The number of hydrogen-bond acceptors (Lipinski definition) is 1. The van der Waals surface area contributed by atoms with Crippen LogP contribution in [0.5, 0.6) is 0 Å². The Kier molecular flexibility index (Phi) is 8.04. The zero-order valence-electron chi connectivity index (χ0n) is 26.8. The van der Waals surface area contributed by atoms with Gasteiger partial charge >= 0.3 is 0 Å². The van der Waals surface area contributed by atoms with Gasteiger partial charge in [-0.1, -0.05) is 98.1 Å². The number of anilines is 2.